The van der Waals surface area contributed by atoms with E-state index in [0.29, 0.717) is 23.7 Å². The lowest BCUT2D eigenvalue weighted by molar-refractivity contribution is -0.140. The van der Waals surface area contributed by atoms with Crippen molar-refractivity contribution in [2.45, 2.75) is 58.0 Å². The van der Waals surface area contributed by atoms with Crippen LogP contribution in [0, 0.1) is 12.8 Å². The van der Waals surface area contributed by atoms with Crippen LogP contribution in [-0.2, 0) is 39.0 Å². The molecule has 0 aliphatic carbocycles. The molecule has 1 N–H and O–H groups in total. The Bertz CT molecular complexity index is 1730. The summed E-state index contributed by atoms with van der Waals surface area (Å²) in [4.78, 5) is 30.1. The van der Waals surface area contributed by atoms with E-state index in [1.54, 1.807) is 54.6 Å². The third kappa shape index (κ3) is 8.98. The van der Waals surface area contributed by atoms with Crippen molar-refractivity contribution in [2.75, 3.05) is 17.4 Å². The van der Waals surface area contributed by atoms with Crippen LogP contribution in [0.25, 0.3) is 0 Å². The molecule has 4 aromatic carbocycles. The maximum atomic E-state index is 14.6. The molecule has 0 saturated heterocycles. The van der Waals surface area contributed by atoms with E-state index in [-0.39, 0.29) is 29.7 Å². The van der Waals surface area contributed by atoms with Crippen LogP contribution in [0.3, 0.4) is 0 Å². The molecule has 0 aliphatic heterocycles. The van der Waals surface area contributed by atoms with E-state index < -0.39 is 28.5 Å². The first-order valence-corrected chi connectivity index (χ1v) is 17.3. The van der Waals surface area contributed by atoms with Crippen molar-refractivity contribution < 1.29 is 18.0 Å². The van der Waals surface area contributed by atoms with Gasteiger partial charge in [-0.05, 0) is 66.3 Å². The van der Waals surface area contributed by atoms with E-state index in [4.69, 9.17) is 11.6 Å². The Balaban J connectivity index is 1.83. The number of rotatable bonds is 14. The number of benzene rings is 4. The molecule has 0 fully saturated rings. The Hall–Kier alpha value is -4.14. The molecule has 242 valence electrons. The average Bonchev–Trinajstić information content (AvgIpc) is 3.04. The van der Waals surface area contributed by atoms with Gasteiger partial charge in [0.25, 0.3) is 10.0 Å². The van der Waals surface area contributed by atoms with Crippen LogP contribution in [0.1, 0.15) is 43.0 Å². The summed E-state index contributed by atoms with van der Waals surface area (Å²) in [6.07, 6.45) is 0.804. The molecule has 0 heterocycles. The summed E-state index contributed by atoms with van der Waals surface area (Å²) in [7, 11) is -4.17. The molecule has 2 amide bonds. The van der Waals surface area contributed by atoms with Gasteiger partial charge in [0.15, 0.2) is 0 Å². The number of anilines is 1. The first kappa shape index (κ1) is 34.7. The van der Waals surface area contributed by atoms with Crippen molar-refractivity contribution in [3.63, 3.8) is 0 Å². The topological polar surface area (TPSA) is 86.8 Å². The van der Waals surface area contributed by atoms with E-state index >= 15 is 0 Å². The minimum atomic E-state index is -4.17. The molecule has 1 unspecified atom stereocenters. The number of amides is 2. The van der Waals surface area contributed by atoms with Crippen molar-refractivity contribution >= 4 is 39.1 Å². The van der Waals surface area contributed by atoms with Gasteiger partial charge in [0.05, 0.1) is 10.6 Å². The van der Waals surface area contributed by atoms with Gasteiger partial charge in [0.1, 0.15) is 12.6 Å². The normalized spacial score (nSPS) is 12.0. The number of hydrogen-bond donors (Lipinski definition) is 1. The largest absolute Gasteiger partial charge is 0.354 e. The first-order valence-electron chi connectivity index (χ1n) is 15.5. The van der Waals surface area contributed by atoms with E-state index in [9.17, 15) is 18.0 Å². The molecule has 0 saturated carbocycles. The standard InChI is InChI=1S/C37H42ClN3O4S/c1-5-31-15-9-10-17-34(31)41(46(44,45)33-20-18-28(4)19-21-33)26-36(42)40(25-30-14-11-16-32(38)22-30)35(37(43)39-24-27(2)3)23-29-12-7-6-8-13-29/h6-22,27,35H,5,23-26H2,1-4H3,(H,39,43). The zero-order chi connectivity index (χ0) is 33.3. The molecule has 4 rings (SSSR count). The van der Waals surface area contributed by atoms with Crippen LogP contribution in [0.5, 0.6) is 0 Å². The molecule has 0 aliphatic rings. The summed E-state index contributed by atoms with van der Waals surface area (Å²) >= 11 is 6.33. The molecular formula is C37H42ClN3O4S. The summed E-state index contributed by atoms with van der Waals surface area (Å²) in [5, 5.41) is 3.50. The number of hydrogen-bond acceptors (Lipinski definition) is 4. The van der Waals surface area contributed by atoms with Crippen LogP contribution in [0.4, 0.5) is 5.69 Å². The molecule has 0 radical (unpaired) electrons. The molecular weight excluding hydrogens is 618 g/mol. The molecule has 0 bridgehead atoms. The maximum absolute atomic E-state index is 14.6. The monoisotopic (exact) mass is 659 g/mol. The number of carbonyl (C=O) groups is 2. The molecule has 7 nitrogen and oxygen atoms in total. The van der Waals surface area contributed by atoms with Crippen molar-refractivity contribution in [3.05, 3.63) is 130 Å². The number of carbonyl (C=O) groups excluding carboxylic acids is 2. The smallest absolute Gasteiger partial charge is 0.264 e. The Labute approximate surface area is 278 Å². The fourth-order valence-corrected chi connectivity index (χ4v) is 6.88. The SMILES string of the molecule is CCc1ccccc1N(CC(=O)N(Cc1cccc(Cl)c1)C(Cc1ccccc1)C(=O)NCC(C)C)S(=O)(=O)c1ccc(C)cc1. The first-order chi connectivity index (χ1) is 22.0. The van der Waals surface area contributed by atoms with E-state index in [1.165, 1.54) is 9.21 Å². The highest BCUT2D eigenvalue weighted by Crippen LogP contribution is 2.29. The Morgan fingerprint density at radius 1 is 0.848 bits per heavy atom. The number of nitrogens with zero attached hydrogens (tertiary/aromatic N) is 2. The minimum absolute atomic E-state index is 0.0554. The zero-order valence-electron chi connectivity index (χ0n) is 26.8. The van der Waals surface area contributed by atoms with Gasteiger partial charge in [-0.3, -0.25) is 13.9 Å². The molecule has 0 spiro atoms. The molecule has 1 atom stereocenters. The summed E-state index contributed by atoms with van der Waals surface area (Å²) in [5.41, 5.74) is 3.71. The fraction of sp³-hybridized carbons (Fsp3) is 0.297. The van der Waals surface area contributed by atoms with E-state index in [1.807, 2.05) is 76.2 Å². The lowest BCUT2D eigenvalue weighted by Gasteiger charge is -2.34. The third-order valence-corrected chi connectivity index (χ3v) is 9.74. The third-order valence-electron chi connectivity index (χ3n) is 7.73. The van der Waals surface area contributed by atoms with Crippen molar-refractivity contribution in [1.29, 1.82) is 0 Å². The van der Waals surface area contributed by atoms with E-state index in [2.05, 4.69) is 5.32 Å². The van der Waals surface area contributed by atoms with Crippen LogP contribution in [0.2, 0.25) is 5.02 Å². The van der Waals surface area contributed by atoms with Gasteiger partial charge >= 0.3 is 0 Å². The summed E-state index contributed by atoms with van der Waals surface area (Å²) in [6.45, 7) is 7.81. The predicted octanol–water partition coefficient (Wildman–Crippen LogP) is 6.82. The van der Waals surface area contributed by atoms with Gasteiger partial charge in [-0.1, -0.05) is 111 Å². The highest BCUT2D eigenvalue weighted by atomic mass is 35.5. The quantitative estimate of drug-likeness (QED) is 0.161. The van der Waals surface area contributed by atoms with Gasteiger partial charge in [-0.25, -0.2) is 8.42 Å². The summed E-state index contributed by atoms with van der Waals surface area (Å²) in [5.74, 6) is -0.629. The number of sulfonamides is 1. The zero-order valence-corrected chi connectivity index (χ0v) is 28.4. The second-order valence-corrected chi connectivity index (χ2v) is 14.1. The van der Waals surface area contributed by atoms with Crippen LogP contribution in [0.15, 0.2) is 108 Å². The Morgan fingerprint density at radius 2 is 1.50 bits per heavy atom. The number of aryl methyl sites for hydroxylation is 2. The van der Waals surface area contributed by atoms with Gasteiger partial charge in [0, 0.05) is 24.5 Å². The Kier molecular flexibility index (Phi) is 12.0. The summed E-state index contributed by atoms with van der Waals surface area (Å²) in [6, 6.07) is 29.5. The van der Waals surface area contributed by atoms with Gasteiger partial charge < -0.3 is 10.2 Å². The van der Waals surface area contributed by atoms with Gasteiger partial charge in [-0.15, -0.1) is 0 Å². The Morgan fingerprint density at radius 3 is 2.15 bits per heavy atom. The van der Waals surface area contributed by atoms with Crippen molar-refractivity contribution in [1.82, 2.24) is 10.2 Å². The number of para-hydroxylation sites is 1. The highest BCUT2D eigenvalue weighted by Gasteiger charge is 2.35. The average molecular weight is 660 g/mol. The van der Waals surface area contributed by atoms with Gasteiger partial charge in [-0.2, -0.15) is 0 Å². The number of nitrogens with one attached hydrogen (secondary N) is 1. The lowest BCUT2D eigenvalue weighted by Crippen LogP contribution is -2.53. The maximum Gasteiger partial charge on any atom is 0.264 e. The van der Waals surface area contributed by atoms with Crippen LogP contribution >= 0.6 is 11.6 Å². The van der Waals surface area contributed by atoms with Crippen LogP contribution in [-0.4, -0.2) is 44.3 Å². The second kappa shape index (κ2) is 15.9. The molecule has 4 aromatic rings. The second-order valence-electron chi connectivity index (χ2n) is 11.8. The van der Waals surface area contributed by atoms with Crippen molar-refractivity contribution in [2.24, 2.45) is 5.92 Å². The molecule has 9 heteroatoms. The summed E-state index contributed by atoms with van der Waals surface area (Å²) < 4.78 is 29.8. The lowest BCUT2D eigenvalue weighted by atomic mass is 10.0. The minimum Gasteiger partial charge on any atom is -0.354 e. The fourth-order valence-electron chi connectivity index (χ4n) is 5.21. The van der Waals surface area contributed by atoms with Gasteiger partial charge in [0.2, 0.25) is 11.8 Å². The van der Waals surface area contributed by atoms with E-state index in [0.717, 1.165) is 22.3 Å². The van der Waals surface area contributed by atoms with Crippen molar-refractivity contribution in [3.8, 4) is 0 Å². The predicted molar refractivity (Wildman–Crippen MR) is 185 cm³/mol. The molecule has 46 heavy (non-hydrogen) atoms. The highest BCUT2D eigenvalue weighted by molar-refractivity contribution is 7.92. The number of halogens is 1. The molecule has 0 aromatic heterocycles. The van der Waals surface area contributed by atoms with Crippen LogP contribution < -0.4 is 9.62 Å².